The molecule has 0 heterocycles. The Labute approximate surface area is 485 Å². The van der Waals surface area contributed by atoms with Gasteiger partial charge in [-0.05, 0) is 233 Å². The molecule has 0 saturated heterocycles. The average Bonchev–Trinajstić information content (AvgIpc) is 3.50. The van der Waals surface area contributed by atoms with E-state index in [1.165, 1.54) is 101 Å². The minimum Gasteiger partial charge on any atom is -0.310 e. The van der Waals surface area contributed by atoms with Crippen molar-refractivity contribution in [2.75, 3.05) is 14.7 Å². The van der Waals surface area contributed by atoms with Crippen LogP contribution in [0.15, 0.2) is 237 Å². The summed E-state index contributed by atoms with van der Waals surface area (Å²) in [4.78, 5) is 7.29. The average molecular weight is 1060 g/mol. The third-order valence-corrected chi connectivity index (χ3v) is 15.6. The second kappa shape index (κ2) is 27.2. The standard InChI is InChI=1S/C78H81N3/c1-7-19-58-25-13-31-73(49-58)79(74-32-14-26-59(50-74)20-8-2)70-43-37-64(38-44-70)67-55-68(65-39-45-71(46-40-65)80(75-33-15-27-60(51-75)21-9-3)76-34-16-28-61(52-76)22-10-4)57-69(56-67)66-41-47-72(48-42-66)81(77-35-17-29-62(53-77)23-11-5)78-36-18-30-63(54-78)24-12-6/h13-18,25-57H,7-12,19-24H2,1-6H3. The van der Waals surface area contributed by atoms with E-state index in [4.69, 9.17) is 0 Å². The van der Waals surface area contributed by atoms with Crippen molar-refractivity contribution in [1.29, 1.82) is 0 Å². The van der Waals surface area contributed by atoms with Crippen LogP contribution >= 0.6 is 0 Å². The molecule has 10 aromatic rings. The molecule has 81 heavy (non-hydrogen) atoms. The van der Waals surface area contributed by atoms with Crippen LogP contribution in [0.25, 0.3) is 33.4 Å². The first-order chi connectivity index (χ1) is 39.8. The van der Waals surface area contributed by atoms with Crippen LogP contribution in [0.2, 0.25) is 0 Å². The van der Waals surface area contributed by atoms with E-state index in [1.807, 2.05) is 0 Å². The second-order valence-corrected chi connectivity index (χ2v) is 22.0. The number of hydrogen-bond donors (Lipinski definition) is 0. The predicted molar refractivity (Wildman–Crippen MR) is 351 cm³/mol. The summed E-state index contributed by atoms with van der Waals surface area (Å²) >= 11 is 0. The van der Waals surface area contributed by atoms with Gasteiger partial charge in [-0.1, -0.05) is 189 Å². The SMILES string of the molecule is CCCc1cccc(N(c2ccc(-c3cc(-c4ccc(N(c5cccc(CCC)c5)c5cccc(CCC)c5)cc4)cc(-c4ccc(N(c5cccc(CCC)c5)c5cccc(CCC)c5)cc4)c3)cc2)c2cccc(CCC)c2)c1. The monoisotopic (exact) mass is 1060 g/mol. The highest BCUT2D eigenvalue weighted by Gasteiger charge is 2.19. The molecule has 0 unspecified atom stereocenters. The Morgan fingerprint density at radius 3 is 0.543 bits per heavy atom. The first-order valence-electron chi connectivity index (χ1n) is 30.3. The van der Waals surface area contributed by atoms with E-state index in [2.05, 4.69) is 293 Å². The van der Waals surface area contributed by atoms with Crippen LogP contribution in [0.5, 0.6) is 0 Å². The third kappa shape index (κ3) is 13.6. The maximum absolute atomic E-state index is 2.43. The zero-order valence-electron chi connectivity index (χ0n) is 48.8. The highest BCUT2D eigenvalue weighted by Crippen LogP contribution is 2.42. The molecule has 0 aromatic heterocycles. The van der Waals surface area contributed by atoms with E-state index in [0.29, 0.717) is 0 Å². The summed E-state index contributed by atoms with van der Waals surface area (Å²) in [6.07, 6.45) is 13.0. The molecule has 3 heteroatoms. The van der Waals surface area contributed by atoms with E-state index < -0.39 is 0 Å². The Morgan fingerprint density at radius 2 is 0.370 bits per heavy atom. The fourth-order valence-corrected chi connectivity index (χ4v) is 11.7. The van der Waals surface area contributed by atoms with Gasteiger partial charge < -0.3 is 14.7 Å². The van der Waals surface area contributed by atoms with Gasteiger partial charge in [-0.15, -0.1) is 0 Å². The van der Waals surface area contributed by atoms with E-state index in [9.17, 15) is 0 Å². The third-order valence-electron chi connectivity index (χ3n) is 15.6. The van der Waals surface area contributed by atoms with Crippen molar-refractivity contribution >= 4 is 51.2 Å². The molecule has 0 atom stereocenters. The summed E-state index contributed by atoms with van der Waals surface area (Å²) < 4.78 is 0. The van der Waals surface area contributed by atoms with Crippen LogP contribution in [0.1, 0.15) is 113 Å². The Balaban J connectivity index is 1.08. The van der Waals surface area contributed by atoms with Crippen molar-refractivity contribution in [1.82, 2.24) is 0 Å². The van der Waals surface area contributed by atoms with E-state index in [0.717, 1.165) is 94.1 Å². The largest absolute Gasteiger partial charge is 0.310 e. The summed E-state index contributed by atoms with van der Waals surface area (Å²) in [5.74, 6) is 0. The van der Waals surface area contributed by atoms with Crippen LogP contribution in [0, 0.1) is 0 Å². The highest BCUT2D eigenvalue weighted by molar-refractivity contribution is 5.86. The normalized spacial score (nSPS) is 11.2. The first kappa shape index (κ1) is 55.9. The molecular formula is C78H81N3. The van der Waals surface area contributed by atoms with Crippen molar-refractivity contribution in [3.05, 3.63) is 270 Å². The van der Waals surface area contributed by atoms with Gasteiger partial charge in [-0.25, -0.2) is 0 Å². The highest BCUT2D eigenvalue weighted by atomic mass is 15.2. The second-order valence-electron chi connectivity index (χ2n) is 22.0. The molecule has 10 aromatic carbocycles. The molecule has 0 N–H and O–H groups in total. The molecule has 0 aliphatic carbocycles. The Kier molecular flexibility index (Phi) is 18.8. The van der Waals surface area contributed by atoms with Gasteiger partial charge >= 0.3 is 0 Å². The van der Waals surface area contributed by atoms with Crippen LogP contribution in [0.3, 0.4) is 0 Å². The number of rotatable bonds is 24. The summed E-state index contributed by atoms with van der Waals surface area (Å²) in [6, 6.07) is 89.5. The van der Waals surface area contributed by atoms with Crippen molar-refractivity contribution in [3.63, 3.8) is 0 Å². The Bertz CT molecular complexity index is 3080. The minimum atomic E-state index is 1.05. The van der Waals surface area contributed by atoms with Gasteiger partial charge in [0.15, 0.2) is 0 Å². The van der Waals surface area contributed by atoms with Gasteiger partial charge in [-0.2, -0.15) is 0 Å². The van der Waals surface area contributed by atoms with Crippen molar-refractivity contribution < 1.29 is 0 Å². The number of benzene rings is 10. The van der Waals surface area contributed by atoms with Crippen LogP contribution in [-0.2, 0) is 38.5 Å². The number of anilines is 9. The molecule has 0 saturated carbocycles. The Hall–Kier alpha value is -8.40. The summed E-state index contributed by atoms with van der Waals surface area (Å²) in [6.45, 7) is 13.6. The van der Waals surface area contributed by atoms with Crippen LogP contribution in [0.4, 0.5) is 51.2 Å². The van der Waals surface area contributed by atoms with E-state index in [1.54, 1.807) is 0 Å². The lowest BCUT2D eigenvalue weighted by atomic mass is 9.93. The maximum atomic E-state index is 2.43. The zero-order valence-corrected chi connectivity index (χ0v) is 48.8. The quantitative estimate of drug-likeness (QED) is 0.0597. The summed E-state index contributed by atoms with van der Waals surface area (Å²) in [5, 5.41) is 0. The number of aryl methyl sites for hydroxylation is 6. The van der Waals surface area contributed by atoms with Crippen molar-refractivity contribution in [2.24, 2.45) is 0 Å². The van der Waals surface area contributed by atoms with Crippen molar-refractivity contribution in [3.8, 4) is 33.4 Å². The molecule has 10 rings (SSSR count). The summed E-state index contributed by atoms with van der Waals surface area (Å²) in [7, 11) is 0. The van der Waals surface area contributed by atoms with Gasteiger partial charge in [-0.3, -0.25) is 0 Å². The maximum Gasteiger partial charge on any atom is 0.0464 e. The molecule has 408 valence electrons. The lowest BCUT2D eigenvalue weighted by Gasteiger charge is -2.27. The smallest absolute Gasteiger partial charge is 0.0464 e. The molecule has 0 bridgehead atoms. The van der Waals surface area contributed by atoms with Crippen LogP contribution < -0.4 is 14.7 Å². The number of nitrogens with zero attached hydrogens (tertiary/aromatic N) is 3. The van der Waals surface area contributed by atoms with Gasteiger partial charge in [0.25, 0.3) is 0 Å². The molecule has 0 fully saturated rings. The Morgan fingerprint density at radius 1 is 0.185 bits per heavy atom. The van der Waals surface area contributed by atoms with Crippen molar-refractivity contribution in [2.45, 2.75) is 119 Å². The molecule has 0 aliphatic heterocycles. The van der Waals surface area contributed by atoms with Gasteiger partial charge in [0, 0.05) is 51.2 Å². The van der Waals surface area contributed by atoms with Crippen LogP contribution in [-0.4, -0.2) is 0 Å². The molecule has 0 spiro atoms. The lowest BCUT2D eigenvalue weighted by molar-refractivity contribution is 0.919. The fraction of sp³-hybridized carbons (Fsp3) is 0.231. The molecule has 0 amide bonds. The minimum absolute atomic E-state index is 1.05. The topological polar surface area (TPSA) is 9.72 Å². The first-order valence-corrected chi connectivity index (χ1v) is 30.3. The van der Waals surface area contributed by atoms with E-state index >= 15 is 0 Å². The number of hydrogen-bond acceptors (Lipinski definition) is 3. The fourth-order valence-electron chi connectivity index (χ4n) is 11.7. The predicted octanol–water partition coefficient (Wildman–Crippen LogP) is 22.8. The summed E-state index contributed by atoms with van der Waals surface area (Å²) in [5.41, 5.74) is 25.7. The molecule has 0 radical (unpaired) electrons. The molecule has 0 aliphatic rings. The van der Waals surface area contributed by atoms with Gasteiger partial charge in [0.05, 0.1) is 0 Å². The zero-order chi connectivity index (χ0) is 55.9. The van der Waals surface area contributed by atoms with Gasteiger partial charge in [0.2, 0.25) is 0 Å². The molecular weight excluding hydrogens is 979 g/mol. The van der Waals surface area contributed by atoms with Gasteiger partial charge in [0.1, 0.15) is 0 Å². The molecule has 3 nitrogen and oxygen atoms in total. The lowest BCUT2D eigenvalue weighted by Crippen LogP contribution is -2.10. The van der Waals surface area contributed by atoms with E-state index in [-0.39, 0.29) is 0 Å².